The standard InChI is InChI=1S/C19H16N2O3S/c22-18(21-14-7-8-14)17(12-4-2-1-3-5-12)24-19(23)13-6-9-15-16(10-13)25-11-20-15/h1-6,9-11,14,17H,7-8H2,(H,21,22)/t17-/m0/s1. The molecule has 1 saturated carbocycles. The van der Waals surface area contributed by atoms with Crippen molar-refractivity contribution in [1.29, 1.82) is 0 Å². The SMILES string of the molecule is O=C(O[C@H](C(=O)NC1CC1)c1ccccc1)c1ccc2ncsc2c1. The Balaban J connectivity index is 1.58. The quantitative estimate of drug-likeness (QED) is 0.714. The van der Waals surface area contributed by atoms with Crippen molar-refractivity contribution >= 4 is 33.4 Å². The molecule has 6 heteroatoms. The zero-order chi connectivity index (χ0) is 17.2. The van der Waals surface area contributed by atoms with Crippen molar-refractivity contribution in [3.8, 4) is 0 Å². The number of fused-ring (bicyclic) bond motifs is 1. The molecule has 2 aromatic carbocycles. The van der Waals surface area contributed by atoms with Gasteiger partial charge < -0.3 is 10.1 Å². The first kappa shape index (κ1) is 15.8. The van der Waals surface area contributed by atoms with Crippen molar-refractivity contribution in [3.63, 3.8) is 0 Å². The lowest BCUT2D eigenvalue weighted by Gasteiger charge is -2.18. The van der Waals surface area contributed by atoms with E-state index in [4.69, 9.17) is 4.74 Å². The number of thiazole rings is 1. The van der Waals surface area contributed by atoms with E-state index in [-0.39, 0.29) is 11.9 Å². The Bertz CT molecular complexity index is 919. The van der Waals surface area contributed by atoms with Gasteiger partial charge in [0.2, 0.25) is 6.10 Å². The van der Waals surface area contributed by atoms with Crippen LogP contribution >= 0.6 is 11.3 Å². The monoisotopic (exact) mass is 352 g/mol. The number of esters is 1. The highest BCUT2D eigenvalue weighted by atomic mass is 32.1. The Kier molecular flexibility index (Phi) is 4.19. The number of nitrogens with zero attached hydrogens (tertiary/aromatic N) is 1. The molecule has 1 heterocycles. The van der Waals surface area contributed by atoms with E-state index in [1.54, 1.807) is 35.8 Å². The molecule has 0 saturated heterocycles. The van der Waals surface area contributed by atoms with Crippen LogP contribution in [0.15, 0.2) is 54.0 Å². The zero-order valence-electron chi connectivity index (χ0n) is 13.3. The van der Waals surface area contributed by atoms with Crippen molar-refractivity contribution in [2.24, 2.45) is 0 Å². The fraction of sp³-hybridized carbons (Fsp3) is 0.211. The van der Waals surface area contributed by atoms with Crippen LogP contribution < -0.4 is 5.32 Å². The smallest absolute Gasteiger partial charge is 0.339 e. The first-order valence-electron chi connectivity index (χ1n) is 8.10. The van der Waals surface area contributed by atoms with Gasteiger partial charge in [-0.15, -0.1) is 11.3 Å². The first-order valence-corrected chi connectivity index (χ1v) is 8.98. The fourth-order valence-corrected chi connectivity index (χ4v) is 3.28. The molecule has 1 atom stereocenters. The molecule has 1 N–H and O–H groups in total. The summed E-state index contributed by atoms with van der Waals surface area (Å²) in [5, 5.41) is 2.91. The summed E-state index contributed by atoms with van der Waals surface area (Å²) in [5.74, 6) is -0.795. The molecule has 1 amide bonds. The van der Waals surface area contributed by atoms with E-state index >= 15 is 0 Å². The predicted octanol–water partition coefficient (Wildman–Crippen LogP) is 3.47. The van der Waals surface area contributed by atoms with Crippen LogP contribution in [0.4, 0.5) is 0 Å². The molecule has 4 rings (SSSR count). The molecule has 5 nitrogen and oxygen atoms in total. The maximum Gasteiger partial charge on any atom is 0.339 e. The molecular weight excluding hydrogens is 336 g/mol. The molecule has 0 aliphatic heterocycles. The predicted molar refractivity (Wildman–Crippen MR) is 95.4 cm³/mol. The molecule has 1 aromatic heterocycles. The summed E-state index contributed by atoms with van der Waals surface area (Å²) >= 11 is 1.46. The second-order valence-corrected chi connectivity index (χ2v) is 6.90. The molecule has 126 valence electrons. The van der Waals surface area contributed by atoms with Gasteiger partial charge in [0, 0.05) is 11.6 Å². The highest BCUT2D eigenvalue weighted by Crippen LogP contribution is 2.25. The normalized spacial score (nSPS) is 14.9. The van der Waals surface area contributed by atoms with E-state index in [0.717, 1.165) is 23.1 Å². The van der Waals surface area contributed by atoms with Gasteiger partial charge in [0.15, 0.2) is 0 Å². The summed E-state index contributed by atoms with van der Waals surface area (Å²) in [5.41, 5.74) is 3.65. The number of hydrogen-bond acceptors (Lipinski definition) is 5. The number of carbonyl (C=O) groups excluding carboxylic acids is 2. The molecular formula is C19H16N2O3S. The van der Waals surface area contributed by atoms with Gasteiger partial charge in [0.1, 0.15) is 0 Å². The molecule has 25 heavy (non-hydrogen) atoms. The van der Waals surface area contributed by atoms with E-state index in [0.29, 0.717) is 11.1 Å². The third-order valence-electron chi connectivity index (χ3n) is 4.06. The number of rotatable bonds is 5. The summed E-state index contributed by atoms with van der Waals surface area (Å²) in [6, 6.07) is 14.5. The second-order valence-electron chi connectivity index (χ2n) is 6.01. The Morgan fingerprint density at radius 2 is 1.96 bits per heavy atom. The summed E-state index contributed by atoms with van der Waals surface area (Å²) < 4.78 is 6.48. The first-order chi connectivity index (χ1) is 12.2. The maximum atomic E-state index is 12.6. The third kappa shape index (κ3) is 3.53. The number of aromatic nitrogens is 1. The minimum Gasteiger partial charge on any atom is -0.444 e. The largest absolute Gasteiger partial charge is 0.444 e. The van der Waals surface area contributed by atoms with E-state index in [2.05, 4.69) is 10.3 Å². The van der Waals surface area contributed by atoms with Gasteiger partial charge >= 0.3 is 5.97 Å². The second kappa shape index (κ2) is 6.64. The van der Waals surface area contributed by atoms with E-state index < -0.39 is 12.1 Å². The Morgan fingerprint density at radius 3 is 2.72 bits per heavy atom. The number of ether oxygens (including phenoxy) is 1. The van der Waals surface area contributed by atoms with Crippen LogP contribution in [0, 0.1) is 0 Å². The van der Waals surface area contributed by atoms with Gasteiger partial charge in [0.05, 0.1) is 21.3 Å². The average Bonchev–Trinajstić information content (AvgIpc) is 3.32. The van der Waals surface area contributed by atoms with Crippen molar-refractivity contribution in [2.75, 3.05) is 0 Å². The number of benzene rings is 2. The molecule has 1 aliphatic rings. The van der Waals surface area contributed by atoms with Gasteiger partial charge in [-0.1, -0.05) is 30.3 Å². The lowest BCUT2D eigenvalue weighted by Crippen LogP contribution is -2.33. The molecule has 0 bridgehead atoms. The number of amides is 1. The molecule has 1 aliphatic carbocycles. The molecule has 0 radical (unpaired) electrons. The summed E-state index contributed by atoms with van der Waals surface area (Å²) in [4.78, 5) is 29.3. The van der Waals surface area contributed by atoms with Crippen molar-refractivity contribution < 1.29 is 14.3 Å². The van der Waals surface area contributed by atoms with Gasteiger partial charge in [-0.25, -0.2) is 9.78 Å². The topological polar surface area (TPSA) is 68.3 Å². The van der Waals surface area contributed by atoms with Crippen molar-refractivity contribution in [3.05, 3.63) is 65.2 Å². The lowest BCUT2D eigenvalue weighted by molar-refractivity contribution is -0.130. The minimum absolute atomic E-state index is 0.200. The van der Waals surface area contributed by atoms with Gasteiger partial charge in [-0.05, 0) is 31.0 Å². The molecule has 1 fully saturated rings. The van der Waals surface area contributed by atoms with Crippen molar-refractivity contribution in [2.45, 2.75) is 25.0 Å². The zero-order valence-corrected chi connectivity index (χ0v) is 14.2. The molecule has 0 unspecified atom stereocenters. The van der Waals surface area contributed by atoms with Crippen LogP contribution in [-0.2, 0) is 9.53 Å². The van der Waals surface area contributed by atoms with Crippen LogP contribution in [0.2, 0.25) is 0 Å². The third-order valence-corrected chi connectivity index (χ3v) is 4.85. The van der Waals surface area contributed by atoms with Crippen LogP contribution in [0.3, 0.4) is 0 Å². The Labute approximate surface area is 148 Å². The van der Waals surface area contributed by atoms with E-state index in [9.17, 15) is 9.59 Å². The Morgan fingerprint density at radius 1 is 1.16 bits per heavy atom. The maximum absolute atomic E-state index is 12.6. The molecule has 3 aromatic rings. The van der Waals surface area contributed by atoms with Crippen LogP contribution in [0.25, 0.3) is 10.2 Å². The average molecular weight is 352 g/mol. The minimum atomic E-state index is -0.952. The van der Waals surface area contributed by atoms with E-state index in [1.807, 2.05) is 18.2 Å². The lowest BCUT2D eigenvalue weighted by atomic mass is 10.1. The van der Waals surface area contributed by atoms with Gasteiger partial charge in [-0.3, -0.25) is 4.79 Å². The summed E-state index contributed by atoms with van der Waals surface area (Å²) in [7, 11) is 0. The Hall–Kier alpha value is -2.73. The van der Waals surface area contributed by atoms with Crippen LogP contribution in [0.5, 0.6) is 0 Å². The van der Waals surface area contributed by atoms with E-state index in [1.165, 1.54) is 11.3 Å². The summed E-state index contributed by atoms with van der Waals surface area (Å²) in [6.07, 6.45) is 0.999. The number of carbonyl (C=O) groups is 2. The molecule has 0 spiro atoms. The number of hydrogen-bond donors (Lipinski definition) is 1. The van der Waals surface area contributed by atoms with Gasteiger partial charge in [0.25, 0.3) is 5.91 Å². The number of nitrogens with one attached hydrogen (secondary N) is 1. The van der Waals surface area contributed by atoms with Crippen LogP contribution in [-0.4, -0.2) is 22.9 Å². The van der Waals surface area contributed by atoms with Gasteiger partial charge in [-0.2, -0.15) is 0 Å². The highest BCUT2D eigenvalue weighted by Gasteiger charge is 2.31. The fourth-order valence-electron chi connectivity index (χ4n) is 2.56. The van der Waals surface area contributed by atoms with Crippen LogP contribution in [0.1, 0.15) is 34.9 Å². The highest BCUT2D eigenvalue weighted by molar-refractivity contribution is 7.16. The summed E-state index contributed by atoms with van der Waals surface area (Å²) in [6.45, 7) is 0. The van der Waals surface area contributed by atoms with Crippen molar-refractivity contribution in [1.82, 2.24) is 10.3 Å².